The fourth-order valence-electron chi connectivity index (χ4n) is 1.96. The average molecular weight is 335 g/mol. The highest BCUT2D eigenvalue weighted by Crippen LogP contribution is 2.20. The number of carbonyl (C=O) groups is 1. The minimum absolute atomic E-state index is 0.0634. The third kappa shape index (κ3) is 4.95. The van der Waals surface area contributed by atoms with Gasteiger partial charge in [0, 0.05) is 25.2 Å². The van der Waals surface area contributed by atoms with Gasteiger partial charge in [0.15, 0.2) is 0 Å². The Morgan fingerprint density at radius 1 is 1.21 bits per heavy atom. The Bertz CT molecular complexity index is 736. The van der Waals surface area contributed by atoms with Gasteiger partial charge >= 0.3 is 0 Å². The molecule has 2 rings (SSSR count). The topological polar surface area (TPSA) is 70.2 Å². The Morgan fingerprint density at radius 3 is 2.62 bits per heavy atom. The molecule has 2 N–H and O–H groups in total. The van der Waals surface area contributed by atoms with Crippen molar-refractivity contribution in [2.45, 2.75) is 6.92 Å². The Hall–Kier alpha value is -2.61. The molecule has 128 valence electrons. The van der Waals surface area contributed by atoms with E-state index < -0.39 is 11.6 Å². The Labute approximate surface area is 138 Å². The summed E-state index contributed by atoms with van der Waals surface area (Å²) in [5.74, 6) is -1.14. The van der Waals surface area contributed by atoms with E-state index in [1.54, 1.807) is 6.92 Å². The Balaban J connectivity index is 2.14. The van der Waals surface area contributed by atoms with E-state index in [0.29, 0.717) is 18.9 Å². The van der Waals surface area contributed by atoms with E-state index in [0.717, 1.165) is 12.1 Å². The normalized spacial score (nSPS) is 10.8. The fourth-order valence-corrected chi connectivity index (χ4v) is 1.96. The number of halogens is 2. The van der Waals surface area contributed by atoms with Crippen LogP contribution in [0.2, 0.25) is 0 Å². The highest BCUT2D eigenvalue weighted by atomic mass is 19.1. The molecule has 0 aliphatic carbocycles. The molecule has 0 aliphatic rings. The van der Waals surface area contributed by atoms with E-state index in [1.165, 1.54) is 12.1 Å². The SMILES string of the molecule is Cc1nc(Nc2ccc(F)cc2F)cc(C(=O)NCCN(C)C)n1. The average Bonchev–Trinajstić information content (AvgIpc) is 2.49. The highest BCUT2D eigenvalue weighted by molar-refractivity contribution is 5.93. The smallest absolute Gasteiger partial charge is 0.270 e. The molecule has 0 fully saturated rings. The molecule has 0 bridgehead atoms. The second kappa shape index (κ2) is 7.78. The second-order valence-corrected chi connectivity index (χ2v) is 5.49. The van der Waals surface area contributed by atoms with Crippen LogP contribution in [-0.4, -0.2) is 48.0 Å². The first-order valence-electron chi connectivity index (χ1n) is 7.36. The number of hydrogen-bond acceptors (Lipinski definition) is 5. The first kappa shape index (κ1) is 17.7. The Kier molecular flexibility index (Phi) is 5.75. The van der Waals surface area contributed by atoms with E-state index >= 15 is 0 Å². The van der Waals surface area contributed by atoms with E-state index in [9.17, 15) is 13.6 Å². The van der Waals surface area contributed by atoms with Gasteiger partial charge in [-0.05, 0) is 33.2 Å². The standard InChI is InChI=1S/C16H19F2N5O/c1-10-20-14(16(24)19-6-7-23(2)3)9-15(21-10)22-13-5-4-11(17)8-12(13)18/h4-5,8-9H,6-7H2,1-3H3,(H,19,24)(H,20,21,22). The molecule has 1 heterocycles. The van der Waals surface area contributed by atoms with E-state index in [-0.39, 0.29) is 23.1 Å². The first-order valence-corrected chi connectivity index (χ1v) is 7.36. The quantitative estimate of drug-likeness (QED) is 0.846. The maximum Gasteiger partial charge on any atom is 0.270 e. The summed E-state index contributed by atoms with van der Waals surface area (Å²) in [6, 6.07) is 4.58. The van der Waals surface area contributed by atoms with Gasteiger partial charge in [0.1, 0.15) is 29.0 Å². The van der Waals surface area contributed by atoms with Crippen LogP contribution in [0.3, 0.4) is 0 Å². The summed E-state index contributed by atoms with van der Waals surface area (Å²) in [4.78, 5) is 22.3. The molecule has 0 unspecified atom stereocenters. The molecule has 0 aliphatic heterocycles. The second-order valence-electron chi connectivity index (χ2n) is 5.49. The molecular formula is C16H19F2N5O. The van der Waals surface area contributed by atoms with Gasteiger partial charge in [-0.3, -0.25) is 4.79 Å². The molecule has 0 saturated carbocycles. The molecule has 0 saturated heterocycles. The van der Waals surface area contributed by atoms with Gasteiger partial charge in [-0.25, -0.2) is 18.7 Å². The lowest BCUT2D eigenvalue weighted by Gasteiger charge is -2.11. The number of amides is 1. The molecule has 1 aromatic heterocycles. The van der Waals surface area contributed by atoms with Gasteiger partial charge in [0.25, 0.3) is 5.91 Å². The van der Waals surface area contributed by atoms with Crippen LogP contribution >= 0.6 is 0 Å². The van der Waals surface area contributed by atoms with Crippen LogP contribution in [-0.2, 0) is 0 Å². The number of likely N-dealkylation sites (N-methyl/N-ethyl adjacent to an activating group) is 1. The fraction of sp³-hybridized carbons (Fsp3) is 0.312. The summed E-state index contributed by atoms with van der Waals surface area (Å²) >= 11 is 0. The van der Waals surface area contributed by atoms with Crippen molar-refractivity contribution in [2.24, 2.45) is 0 Å². The minimum atomic E-state index is -0.747. The van der Waals surface area contributed by atoms with Crippen molar-refractivity contribution >= 4 is 17.4 Å². The van der Waals surface area contributed by atoms with Crippen molar-refractivity contribution in [1.82, 2.24) is 20.2 Å². The summed E-state index contributed by atoms with van der Waals surface area (Å²) in [5.41, 5.74) is 0.236. The van der Waals surface area contributed by atoms with Crippen molar-refractivity contribution in [3.63, 3.8) is 0 Å². The predicted molar refractivity (Wildman–Crippen MR) is 87.3 cm³/mol. The van der Waals surface area contributed by atoms with Crippen LogP contribution in [0.25, 0.3) is 0 Å². The summed E-state index contributed by atoms with van der Waals surface area (Å²) < 4.78 is 26.7. The van der Waals surface area contributed by atoms with Crippen LogP contribution < -0.4 is 10.6 Å². The minimum Gasteiger partial charge on any atom is -0.349 e. The Morgan fingerprint density at radius 2 is 1.96 bits per heavy atom. The first-order chi connectivity index (χ1) is 11.3. The lowest BCUT2D eigenvalue weighted by Crippen LogP contribution is -2.32. The molecule has 1 aromatic carbocycles. The zero-order valence-corrected chi connectivity index (χ0v) is 13.7. The third-order valence-electron chi connectivity index (χ3n) is 3.11. The van der Waals surface area contributed by atoms with Crippen LogP contribution in [0.5, 0.6) is 0 Å². The maximum atomic E-state index is 13.7. The summed E-state index contributed by atoms with van der Waals surface area (Å²) in [5, 5.41) is 5.47. The molecule has 8 heteroatoms. The summed E-state index contributed by atoms with van der Waals surface area (Å²) in [6.45, 7) is 2.80. The highest BCUT2D eigenvalue weighted by Gasteiger charge is 2.12. The molecular weight excluding hydrogens is 316 g/mol. The van der Waals surface area contributed by atoms with Crippen molar-refractivity contribution in [2.75, 3.05) is 32.5 Å². The number of nitrogens with zero attached hydrogens (tertiary/aromatic N) is 3. The number of aryl methyl sites for hydroxylation is 1. The van der Waals surface area contributed by atoms with Crippen LogP contribution in [0.1, 0.15) is 16.3 Å². The van der Waals surface area contributed by atoms with E-state index in [1.807, 2.05) is 19.0 Å². The van der Waals surface area contributed by atoms with Crippen molar-refractivity contribution < 1.29 is 13.6 Å². The van der Waals surface area contributed by atoms with Gasteiger partial charge in [-0.15, -0.1) is 0 Å². The molecule has 0 atom stereocenters. The molecule has 24 heavy (non-hydrogen) atoms. The number of nitrogens with one attached hydrogen (secondary N) is 2. The number of carbonyl (C=O) groups excluding carboxylic acids is 1. The van der Waals surface area contributed by atoms with Crippen LogP contribution in [0.15, 0.2) is 24.3 Å². The monoisotopic (exact) mass is 335 g/mol. The van der Waals surface area contributed by atoms with Gasteiger partial charge in [0.2, 0.25) is 0 Å². The lowest BCUT2D eigenvalue weighted by molar-refractivity contribution is 0.0945. The number of hydrogen-bond donors (Lipinski definition) is 2. The number of rotatable bonds is 6. The van der Waals surface area contributed by atoms with E-state index in [2.05, 4.69) is 20.6 Å². The van der Waals surface area contributed by atoms with Gasteiger partial charge < -0.3 is 15.5 Å². The van der Waals surface area contributed by atoms with Crippen LogP contribution in [0, 0.1) is 18.6 Å². The maximum absolute atomic E-state index is 13.7. The molecule has 2 aromatic rings. The number of aromatic nitrogens is 2. The van der Waals surface area contributed by atoms with Crippen molar-refractivity contribution in [1.29, 1.82) is 0 Å². The zero-order valence-electron chi connectivity index (χ0n) is 13.7. The molecule has 1 amide bonds. The molecule has 0 spiro atoms. The number of anilines is 2. The van der Waals surface area contributed by atoms with Crippen molar-refractivity contribution in [3.05, 3.63) is 47.4 Å². The molecule has 6 nitrogen and oxygen atoms in total. The molecule has 0 radical (unpaired) electrons. The van der Waals surface area contributed by atoms with Crippen molar-refractivity contribution in [3.8, 4) is 0 Å². The van der Waals surface area contributed by atoms with Crippen LogP contribution in [0.4, 0.5) is 20.3 Å². The third-order valence-corrected chi connectivity index (χ3v) is 3.11. The summed E-state index contributed by atoms with van der Waals surface area (Å²) in [6.07, 6.45) is 0. The van der Waals surface area contributed by atoms with Gasteiger partial charge in [0.05, 0.1) is 5.69 Å². The summed E-state index contributed by atoms with van der Waals surface area (Å²) in [7, 11) is 3.81. The van der Waals surface area contributed by atoms with Gasteiger partial charge in [-0.2, -0.15) is 0 Å². The predicted octanol–water partition coefficient (Wildman–Crippen LogP) is 2.10. The zero-order chi connectivity index (χ0) is 17.7. The van der Waals surface area contributed by atoms with E-state index in [4.69, 9.17) is 0 Å². The number of benzene rings is 1. The largest absolute Gasteiger partial charge is 0.349 e. The lowest BCUT2D eigenvalue weighted by atomic mass is 10.3. The van der Waals surface area contributed by atoms with Gasteiger partial charge in [-0.1, -0.05) is 0 Å².